The number of hydrogen-bond donors (Lipinski definition) is 1. The number of aliphatic hydroxyl groups excluding tert-OH is 1. The summed E-state index contributed by atoms with van der Waals surface area (Å²) in [5, 5.41) is 9.33. The molecule has 2 heterocycles. The van der Waals surface area contributed by atoms with Crippen molar-refractivity contribution in [2.45, 2.75) is 64.2 Å². The first kappa shape index (κ1) is 19.8. The molecule has 0 saturated carbocycles. The van der Waals surface area contributed by atoms with Crippen molar-refractivity contribution in [3.8, 4) is 0 Å². The van der Waals surface area contributed by atoms with Crippen LogP contribution in [0, 0.1) is 11.8 Å². The highest BCUT2D eigenvalue weighted by Gasteiger charge is 2.50. The molecule has 0 aromatic carbocycles. The van der Waals surface area contributed by atoms with Crippen molar-refractivity contribution in [3.05, 3.63) is 0 Å². The Morgan fingerprint density at radius 2 is 2.08 bits per heavy atom. The Labute approximate surface area is 148 Å². The van der Waals surface area contributed by atoms with E-state index in [0.29, 0.717) is 25.5 Å². The van der Waals surface area contributed by atoms with E-state index in [1.165, 1.54) is 4.90 Å². The highest BCUT2D eigenvalue weighted by atomic mass is 16.6. The molecule has 0 aromatic rings. The maximum Gasteiger partial charge on any atom is 0.411 e. The number of carbonyl (C=O) groups is 3. The van der Waals surface area contributed by atoms with Gasteiger partial charge in [0.15, 0.2) is 5.78 Å². The number of ether oxygens (including phenoxy) is 2. The number of ketones is 1. The number of hydrogen-bond acceptors (Lipinski definition) is 6. The van der Waals surface area contributed by atoms with Crippen molar-refractivity contribution in [1.82, 2.24) is 4.90 Å². The van der Waals surface area contributed by atoms with Gasteiger partial charge in [-0.3, -0.25) is 9.69 Å². The Balaban J connectivity index is 2.17. The molecule has 0 aromatic heterocycles. The van der Waals surface area contributed by atoms with Crippen molar-refractivity contribution >= 4 is 18.2 Å². The van der Waals surface area contributed by atoms with E-state index in [1.807, 2.05) is 0 Å². The lowest BCUT2D eigenvalue weighted by molar-refractivity contribution is -0.130. The summed E-state index contributed by atoms with van der Waals surface area (Å²) in [4.78, 5) is 36.9. The summed E-state index contributed by atoms with van der Waals surface area (Å²) in [6, 6.07) is -0.810. The van der Waals surface area contributed by atoms with Gasteiger partial charge in [-0.2, -0.15) is 0 Å². The van der Waals surface area contributed by atoms with Crippen LogP contribution in [0.5, 0.6) is 0 Å². The zero-order chi connectivity index (χ0) is 18.6. The Morgan fingerprint density at radius 1 is 1.36 bits per heavy atom. The van der Waals surface area contributed by atoms with Gasteiger partial charge in [0.05, 0.1) is 6.10 Å². The third kappa shape index (κ3) is 5.01. The third-order valence-corrected chi connectivity index (χ3v) is 4.82. The monoisotopic (exact) mass is 355 g/mol. The molecule has 2 fully saturated rings. The Bertz CT molecular complexity index is 500. The molecule has 142 valence electrons. The summed E-state index contributed by atoms with van der Waals surface area (Å²) in [6.45, 7) is 5.54. The second-order valence-electron chi connectivity index (χ2n) is 7.93. The lowest BCUT2D eigenvalue weighted by atomic mass is 9.87. The van der Waals surface area contributed by atoms with Crippen LogP contribution < -0.4 is 0 Å². The molecule has 0 aliphatic carbocycles. The van der Waals surface area contributed by atoms with Crippen molar-refractivity contribution in [3.63, 3.8) is 0 Å². The van der Waals surface area contributed by atoms with Crippen LogP contribution >= 0.6 is 0 Å². The Kier molecular flexibility index (Phi) is 6.57. The number of fused-ring (bicyclic) bond motifs is 1. The topological polar surface area (TPSA) is 93.1 Å². The molecule has 2 aliphatic heterocycles. The van der Waals surface area contributed by atoms with Crippen LogP contribution in [-0.4, -0.2) is 65.7 Å². The van der Waals surface area contributed by atoms with Crippen LogP contribution in [-0.2, 0) is 19.1 Å². The van der Waals surface area contributed by atoms with Gasteiger partial charge in [-0.15, -0.1) is 0 Å². The second-order valence-corrected chi connectivity index (χ2v) is 7.93. The summed E-state index contributed by atoms with van der Waals surface area (Å²) in [5.41, 5.74) is -0.665. The molecule has 25 heavy (non-hydrogen) atoms. The molecule has 0 spiro atoms. The fourth-order valence-electron chi connectivity index (χ4n) is 3.78. The molecule has 0 radical (unpaired) electrons. The van der Waals surface area contributed by atoms with Gasteiger partial charge < -0.3 is 19.4 Å². The molecule has 2 rings (SSSR count). The van der Waals surface area contributed by atoms with E-state index in [-0.39, 0.29) is 5.92 Å². The van der Waals surface area contributed by atoms with E-state index < -0.39 is 36.2 Å². The predicted octanol–water partition coefficient (Wildman–Crippen LogP) is 1.56. The van der Waals surface area contributed by atoms with Gasteiger partial charge in [-0.05, 0) is 46.0 Å². The molecule has 4 atom stereocenters. The van der Waals surface area contributed by atoms with Gasteiger partial charge in [0.25, 0.3) is 0 Å². The molecule has 7 nitrogen and oxygen atoms in total. The minimum absolute atomic E-state index is 0.00664. The molecular formula is C18H29NO6. The van der Waals surface area contributed by atoms with Crippen molar-refractivity contribution < 1.29 is 29.0 Å². The number of likely N-dealkylation sites (tertiary alicyclic amines) is 1. The van der Waals surface area contributed by atoms with Gasteiger partial charge in [0.2, 0.25) is 0 Å². The number of nitrogens with zero attached hydrogens (tertiary/aromatic N) is 1. The smallest absolute Gasteiger partial charge is 0.411 e. The number of aliphatic hydroxyl groups is 1. The van der Waals surface area contributed by atoms with Crippen molar-refractivity contribution in [1.29, 1.82) is 0 Å². The largest absolute Gasteiger partial charge is 0.444 e. The molecule has 2 aliphatic rings. The highest BCUT2D eigenvalue weighted by Crippen LogP contribution is 2.37. The Hall–Kier alpha value is -1.47. The maximum absolute atomic E-state index is 12.5. The zero-order valence-electron chi connectivity index (χ0n) is 15.3. The summed E-state index contributed by atoms with van der Waals surface area (Å²) in [5.74, 6) is -0.0828. The van der Waals surface area contributed by atoms with Crippen LogP contribution in [0.2, 0.25) is 0 Å². The molecule has 7 heteroatoms. The highest BCUT2D eigenvalue weighted by molar-refractivity contribution is 5.89. The number of aldehydes is 1. The zero-order valence-corrected chi connectivity index (χ0v) is 15.3. The van der Waals surface area contributed by atoms with Gasteiger partial charge in [0, 0.05) is 25.5 Å². The number of carbonyl (C=O) groups excluding carboxylic acids is 3. The Morgan fingerprint density at radius 3 is 2.68 bits per heavy atom. The summed E-state index contributed by atoms with van der Waals surface area (Å²) >= 11 is 0. The van der Waals surface area contributed by atoms with E-state index in [2.05, 4.69) is 0 Å². The van der Waals surface area contributed by atoms with Gasteiger partial charge >= 0.3 is 6.09 Å². The summed E-state index contributed by atoms with van der Waals surface area (Å²) in [7, 11) is 0. The molecule has 1 N–H and O–H groups in total. The first-order valence-corrected chi connectivity index (χ1v) is 8.95. The van der Waals surface area contributed by atoms with Crippen LogP contribution in [0.3, 0.4) is 0 Å². The summed E-state index contributed by atoms with van der Waals surface area (Å²) in [6.07, 6.45) is 2.88. The molecule has 1 amide bonds. The van der Waals surface area contributed by atoms with Gasteiger partial charge in [-0.25, -0.2) is 4.79 Å². The van der Waals surface area contributed by atoms with E-state index in [9.17, 15) is 19.5 Å². The number of rotatable bonds is 5. The van der Waals surface area contributed by atoms with Crippen molar-refractivity contribution in [2.75, 3.05) is 19.8 Å². The molecule has 0 bridgehead atoms. The van der Waals surface area contributed by atoms with E-state index in [0.717, 1.165) is 25.5 Å². The predicted molar refractivity (Wildman–Crippen MR) is 90.1 cm³/mol. The SMILES string of the molecule is CC(C)(C)OC(=O)N1C[C@@H]2C[C@H](CCC=O)CCO[C@H]2[C@H]1C(=O)CO. The lowest BCUT2D eigenvalue weighted by Crippen LogP contribution is -2.48. The lowest BCUT2D eigenvalue weighted by Gasteiger charge is -2.29. The average molecular weight is 355 g/mol. The van der Waals surface area contributed by atoms with Crippen LogP contribution in [0.25, 0.3) is 0 Å². The van der Waals surface area contributed by atoms with E-state index >= 15 is 0 Å². The van der Waals surface area contributed by atoms with Gasteiger partial charge in [-0.1, -0.05) is 0 Å². The third-order valence-electron chi connectivity index (χ3n) is 4.82. The average Bonchev–Trinajstić information content (AvgIpc) is 2.76. The van der Waals surface area contributed by atoms with Crippen molar-refractivity contribution in [2.24, 2.45) is 11.8 Å². The standard InChI is InChI=1S/C18H29NO6/c1-18(2,3)25-17(23)19-10-13-9-12(5-4-7-20)6-8-24-16(13)15(19)14(22)11-21/h7,12-13,15-16,21H,4-6,8-11H2,1-3H3/t12-,13+,15-,16-/m1/s1. The number of amides is 1. The van der Waals surface area contributed by atoms with Crippen LogP contribution in [0.15, 0.2) is 0 Å². The first-order chi connectivity index (χ1) is 11.8. The van der Waals surface area contributed by atoms with Gasteiger partial charge in [0.1, 0.15) is 24.5 Å². The minimum Gasteiger partial charge on any atom is -0.444 e. The maximum atomic E-state index is 12.5. The quantitative estimate of drug-likeness (QED) is 0.752. The fraction of sp³-hybridized carbons (Fsp3) is 0.833. The number of Topliss-reactive ketones (excluding diaryl/α,β-unsaturated/α-hetero) is 1. The molecular weight excluding hydrogens is 326 g/mol. The summed E-state index contributed by atoms with van der Waals surface area (Å²) < 4.78 is 11.3. The fourth-order valence-corrected chi connectivity index (χ4v) is 3.78. The van der Waals surface area contributed by atoms with E-state index in [1.54, 1.807) is 20.8 Å². The van der Waals surface area contributed by atoms with Crippen LogP contribution in [0.4, 0.5) is 4.79 Å². The normalized spacial score (nSPS) is 29.7. The second kappa shape index (κ2) is 8.27. The first-order valence-electron chi connectivity index (χ1n) is 8.95. The molecule has 2 saturated heterocycles. The van der Waals surface area contributed by atoms with E-state index in [4.69, 9.17) is 9.47 Å². The molecule has 0 unspecified atom stereocenters. The van der Waals surface area contributed by atoms with Crippen LogP contribution in [0.1, 0.15) is 46.5 Å². The minimum atomic E-state index is -0.810.